The molecule has 1 saturated heterocycles. The zero-order valence-electron chi connectivity index (χ0n) is 15.7. The van der Waals surface area contributed by atoms with Crippen molar-refractivity contribution in [3.8, 4) is 0 Å². The molecule has 150 valence electrons. The molecule has 1 aliphatic heterocycles. The van der Waals surface area contributed by atoms with Crippen LogP contribution in [0, 0.1) is 0 Å². The molecule has 0 radical (unpaired) electrons. The van der Waals surface area contributed by atoms with Gasteiger partial charge in [0.15, 0.2) is 9.84 Å². The maximum Gasteiger partial charge on any atom is 0.251 e. The van der Waals surface area contributed by atoms with Crippen LogP contribution >= 0.6 is 11.6 Å². The van der Waals surface area contributed by atoms with Gasteiger partial charge in [-0.1, -0.05) is 38.4 Å². The zero-order valence-corrected chi connectivity index (χ0v) is 17.3. The summed E-state index contributed by atoms with van der Waals surface area (Å²) in [5, 5.41) is 0.383. The second kappa shape index (κ2) is 7.33. The Kier molecular flexibility index (Phi) is 5.58. The van der Waals surface area contributed by atoms with E-state index in [0.29, 0.717) is 31.4 Å². The summed E-state index contributed by atoms with van der Waals surface area (Å²) >= 11 is 6.32. The number of sulfone groups is 1. The Morgan fingerprint density at radius 2 is 1.89 bits per heavy atom. The molecule has 0 bridgehead atoms. The van der Waals surface area contributed by atoms with E-state index in [-0.39, 0.29) is 21.9 Å². The number of benzene rings is 1. The number of aromatic nitrogens is 1. The van der Waals surface area contributed by atoms with E-state index in [4.69, 9.17) is 11.6 Å². The van der Waals surface area contributed by atoms with Gasteiger partial charge in [-0.25, -0.2) is 17.2 Å². The van der Waals surface area contributed by atoms with Crippen molar-refractivity contribution in [2.75, 3.05) is 19.6 Å². The zero-order chi connectivity index (χ0) is 20.0. The molecule has 2 heterocycles. The third-order valence-corrected chi connectivity index (χ3v) is 7.93. The van der Waals surface area contributed by atoms with E-state index in [9.17, 15) is 17.2 Å². The minimum Gasteiger partial charge on any atom is -0.357 e. The molecule has 1 aromatic carbocycles. The number of rotatable bonds is 4. The molecule has 0 spiro atoms. The van der Waals surface area contributed by atoms with Gasteiger partial charge in [-0.15, -0.1) is 0 Å². The van der Waals surface area contributed by atoms with Crippen LogP contribution < -0.4 is 0 Å². The normalized spacial score (nSPS) is 17.9. The van der Waals surface area contributed by atoms with Crippen LogP contribution in [0.4, 0.5) is 8.78 Å². The van der Waals surface area contributed by atoms with Crippen LogP contribution in [0.3, 0.4) is 0 Å². The summed E-state index contributed by atoms with van der Waals surface area (Å²) < 4.78 is 51.8. The van der Waals surface area contributed by atoms with Gasteiger partial charge in [-0.05, 0) is 38.1 Å². The quantitative estimate of drug-likeness (QED) is 0.788. The highest BCUT2D eigenvalue weighted by atomic mass is 35.5. The highest BCUT2D eigenvalue weighted by Crippen LogP contribution is 2.37. The van der Waals surface area contributed by atoms with E-state index in [1.165, 1.54) is 0 Å². The van der Waals surface area contributed by atoms with Crippen LogP contribution in [0.5, 0.6) is 0 Å². The fraction of sp³-hybridized carbons (Fsp3) is 0.579. The molecule has 0 amide bonds. The molecule has 0 unspecified atom stereocenters. The van der Waals surface area contributed by atoms with E-state index in [1.807, 2.05) is 32.9 Å². The summed E-state index contributed by atoms with van der Waals surface area (Å²) in [5.41, 5.74) is 1.30. The van der Waals surface area contributed by atoms with Gasteiger partial charge in [0.25, 0.3) is 6.43 Å². The number of hydrogen-bond acceptors (Lipinski definition) is 3. The van der Waals surface area contributed by atoms with Crippen molar-refractivity contribution < 1.29 is 17.2 Å². The molecule has 1 aromatic heterocycles. The van der Waals surface area contributed by atoms with Crippen LogP contribution in [0.2, 0.25) is 5.02 Å². The van der Waals surface area contributed by atoms with Crippen LogP contribution in [0.25, 0.3) is 10.9 Å². The van der Waals surface area contributed by atoms with Crippen LogP contribution in [-0.2, 0) is 15.3 Å². The predicted molar refractivity (Wildman–Crippen MR) is 105 cm³/mol. The monoisotopic (exact) mass is 418 g/mol. The molecule has 4 nitrogen and oxygen atoms in total. The Hall–Kier alpha value is -1.18. The lowest BCUT2D eigenvalue weighted by atomic mass is 9.92. The lowest BCUT2D eigenvalue weighted by molar-refractivity contribution is 0.0793. The van der Waals surface area contributed by atoms with Crippen molar-refractivity contribution >= 4 is 32.3 Å². The molecule has 2 aromatic rings. The largest absolute Gasteiger partial charge is 0.357 e. The smallest absolute Gasteiger partial charge is 0.251 e. The first-order valence-electron chi connectivity index (χ1n) is 9.06. The van der Waals surface area contributed by atoms with E-state index >= 15 is 0 Å². The number of halogens is 3. The highest BCUT2D eigenvalue weighted by molar-refractivity contribution is 7.92. The molecule has 8 heteroatoms. The first-order chi connectivity index (χ1) is 12.5. The third kappa shape index (κ3) is 4.15. The molecule has 0 aliphatic carbocycles. The lowest BCUT2D eigenvalue weighted by Gasteiger charge is -2.31. The van der Waals surface area contributed by atoms with Crippen molar-refractivity contribution in [1.82, 2.24) is 9.88 Å². The van der Waals surface area contributed by atoms with Gasteiger partial charge >= 0.3 is 0 Å². The number of nitrogens with one attached hydrogen (secondary N) is 1. The van der Waals surface area contributed by atoms with Crippen molar-refractivity contribution in [2.24, 2.45) is 0 Å². The van der Waals surface area contributed by atoms with Crippen molar-refractivity contribution in [2.45, 2.75) is 55.6 Å². The highest BCUT2D eigenvalue weighted by Gasteiger charge is 2.35. The van der Waals surface area contributed by atoms with E-state index in [2.05, 4.69) is 4.98 Å². The van der Waals surface area contributed by atoms with Gasteiger partial charge in [0.05, 0.1) is 22.3 Å². The number of hydrogen-bond donors (Lipinski definition) is 1. The number of aromatic amines is 1. The van der Waals surface area contributed by atoms with Gasteiger partial charge in [0, 0.05) is 16.5 Å². The molecule has 0 atom stereocenters. The summed E-state index contributed by atoms with van der Waals surface area (Å²) in [4.78, 5) is 5.00. The first kappa shape index (κ1) is 20.6. The minimum atomic E-state index is -3.68. The first-order valence-corrected chi connectivity index (χ1v) is 11.0. The van der Waals surface area contributed by atoms with Crippen molar-refractivity contribution in [3.05, 3.63) is 28.9 Å². The average molecular weight is 419 g/mol. The van der Waals surface area contributed by atoms with E-state index < -0.39 is 21.5 Å². The number of H-pyrrole nitrogens is 1. The lowest BCUT2D eigenvalue weighted by Crippen LogP contribution is -2.41. The number of alkyl halides is 2. The maximum atomic E-state index is 13.3. The number of nitrogens with zero attached hydrogens (tertiary/aromatic N) is 1. The van der Waals surface area contributed by atoms with E-state index in [1.54, 1.807) is 11.0 Å². The standard InChI is InChI=1S/C19H25ClF2N2O2S/c1-19(2,3)15-10-12-4-5-14(20)18(17(12)23-15)27(25,26)13-6-8-24(9-7-13)11-16(21)22/h4-5,10,13,16,23H,6-9,11H2,1-3H3. The van der Waals surface area contributed by atoms with Crippen LogP contribution in [-0.4, -0.2) is 49.6 Å². The average Bonchev–Trinajstić information content (AvgIpc) is 2.98. The van der Waals surface area contributed by atoms with Crippen molar-refractivity contribution in [3.63, 3.8) is 0 Å². The fourth-order valence-corrected chi connectivity index (χ4v) is 6.03. The summed E-state index contributed by atoms with van der Waals surface area (Å²) in [6, 6.07) is 5.38. The summed E-state index contributed by atoms with van der Waals surface area (Å²) in [6.07, 6.45) is -1.75. The summed E-state index contributed by atoms with van der Waals surface area (Å²) in [5.74, 6) is 0. The van der Waals surface area contributed by atoms with Crippen LogP contribution in [0.1, 0.15) is 39.3 Å². The topological polar surface area (TPSA) is 53.2 Å². The molecule has 1 fully saturated rings. The van der Waals surface area contributed by atoms with Gasteiger partial charge in [0.1, 0.15) is 4.90 Å². The molecular formula is C19H25ClF2N2O2S. The molecule has 1 N–H and O–H groups in total. The summed E-state index contributed by atoms with van der Waals surface area (Å²) in [7, 11) is -3.68. The van der Waals surface area contributed by atoms with Gasteiger partial charge in [0.2, 0.25) is 0 Å². The third-order valence-electron chi connectivity index (χ3n) is 5.16. The Balaban J connectivity index is 1.96. The fourth-order valence-electron chi connectivity index (χ4n) is 3.59. The molecule has 3 rings (SSSR count). The number of piperidine rings is 1. The maximum absolute atomic E-state index is 13.3. The molecular weight excluding hydrogens is 394 g/mol. The van der Waals surface area contributed by atoms with Gasteiger partial charge in [-0.3, -0.25) is 4.90 Å². The predicted octanol–water partition coefficient (Wildman–Crippen LogP) is 4.62. The molecule has 27 heavy (non-hydrogen) atoms. The minimum absolute atomic E-state index is 0.129. The summed E-state index contributed by atoms with van der Waals surface area (Å²) in [6.45, 7) is 6.53. The molecule has 0 saturated carbocycles. The van der Waals surface area contributed by atoms with Crippen LogP contribution in [0.15, 0.2) is 23.1 Å². The Bertz CT molecular complexity index is 927. The molecule has 1 aliphatic rings. The Morgan fingerprint density at radius 3 is 2.44 bits per heavy atom. The van der Waals surface area contributed by atoms with Gasteiger partial charge < -0.3 is 4.98 Å². The van der Waals surface area contributed by atoms with E-state index in [0.717, 1.165) is 11.1 Å². The SMILES string of the molecule is CC(C)(C)c1cc2ccc(Cl)c(S(=O)(=O)C3CCN(CC(F)F)CC3)c2[nH]1. The number of fused-ring (bicyclic) bond motifs is 1. The second-order valence-electron chi connectivity index (χ2n) is 8.21. The second-order valence-corrected chi connectivity index (χ2v) is 10.8. The number of likely N-dealkylation sites (tertiary alicyclic amines) is 1. The Labute approximate surface area is 163 Å². The van der Waals surface area contributed by atoms with Crippen molar-refractivity contribution in [1.29, 1.82) is 0 Å². The Morgan fingerprint density at radius 1 is 1.26 bits per heavy atom. The van der Waals surface area contributed by atoms with Gasteiger partial charge in [-0.2, -0.15) is 0 Å².